The maximum Gasteiger partial charge on any atom is 0.309 e. The largest absolute Gasteiger partial charge is 0.497 e. The topological polar surface area (TPSA) is 64.4 Å². The summed E-state index contributed by atoms with van der Waals surface area (Å²) in [5, 5.41) is 13.6. The van der Waals surface area contributed by atoms with E-state index in [9.17, 15) is 4.79 Å². The molecule has 116 valence electrons. The van der Waals surface area contributed by atoms with Crippen LogP contribution in [-0.4, -0.2) is 28.0 Å². The van der Waals surface area contributed by atoms with Crippen LogP contribution in [0.3, 0.4) is 0 Å². The molecule has 0 saturated carbocycles. The van der Waals surface area contributed by atoms with Crippen LogP contribution >= 0.6 is 0 Å². The second-order valence-corrected chi connectivity index (χ2v) is 5.07. The normalized spacial score (nSPS) is 10.5. The Kier molecular flexibility index (Phi) is 4.10. The van der Waals surface area contributed by atoms with E-state index in [0.29, 0.717) is 5.69 Å². The van der Waals surface area contributed by atoms with E-state index in [-0.39, 0.29) is 6.42 Å². The highest BCUT2D eigenvalue weighted by Gasteiger charge is 2.15. The van der Waals surface area contributed by atoms with Gasteiger partial charge in [-0.1, -0.05) is 30.3 Å². The molecule has 3 rings (SSSR count). The maximum atomic E-state index is 11.1. The number of benzene rings is 2. The fraction of sp³-hybridized carbons (Fsp3) is 0.111. The number of aliphatic carboxylic acids is 1. The summed E-state index contributed by atoms with van der Waals surface area (Å²) in [7, 11) is 1.60. The van der Waals surface area contributed by atoms with Crippen molar-refractivity contribution in [2.45, 2.75) is 6.42 Å². The number of nitrogens with zero attached hydrogens (tertiary/aromatic N) is 2. The lowest BCUT2D eigenvalue weighted by atomic mass is 10.0. The maximum absolute atomic E-state index is 11.1. The van der Waals surface area contributed by atoms with Crippen molar-refractivity contribution in [1.82, 2.24) is 9.78 Å². The van der Waals surface area contributed by atoms with Crippen molar-refractivity contribution in [3.05, 3.63) is 66.5 Å². The molecule has 0 atom stereocenters. The molecule has 3 aromatic rings. The van der Waals surface area contributed by atoms with Gasteiger partial charge in [-0.25, -0.2) is 4.68 Å². The molecule has 0 aliphatic heterocycles. The smallest absolute Gasteiger partial charge is 0.309 e. The molecule has 0 aliphatic carbocycles. The molecule has 2 aromatic carbocycles. The zero-order valence-electron chi connectivity index (χ0n) is 12.6. The number of carbonyl (C=O) groups is 1. The lowest BCUT2D eigenvalue weighted by Gasteiger charge is -2.04. The van der Waals surface area contributed by atoms with Crippen molar-refractivity contribution in [3.8, 4) is 22.6 Å². The average molecular weight is 308 g/mol. The van der Waals surface area contributed by atoms with Gasteiger partial charge in [-0.2, -0.15) is 5.10 Å². The van der Waals surface area contributed by atoms with E-state index in [1.165, 1.54) is 0 Å². The number of ether oxygens (including phenoxy) is 1. The van der Waals surface area contributed by atoms with E-state index in [4.69, 9.17) is 9.84 Å². The lowest BCUT2D eigenvalue weighted by molar-refractivity contribution is -0.136. The molecule has 0 aliphatic rings. The number of aromatic nitrogens is 2. The summed E-state index contributed by atoms with van der Waals surface area (Å²) in [6.07, 6.45) is 1.72. The minimum absolute atomic E-state index is 0.133. The minimum atomic E-state index is -0.910. The summed E-state index contributed by atoms with van der Waals surface area (Å²) in [4.78, 5) is 11.1. The zero-order valence-corrected chi connectivity index (χ0v) is 12.6. The molecule has 0 radical (unpaired) electrons. The van der Waals surface area contributed by atoms with Gasteiger partial charge in [0.05, 0.1) is 24.9 Å². The van der Waals surface area contributed by atoms with Crippen molar-refractivity contribution >= 4 is 5.97 Å². The van der Waals surface area contributed by atoms with Crippen LogP contribution in [0, 0.1) is 0 Å². The van der Waals surface area contributed by atoms with E-state index in [1.807, 2.05) is 60.8 Å². The number of rotatable bonds is 5. The summed E-state index contributed by atoms with van der Waals surface area (Å²) in [5.41, 5.74) is 3.07. The molecular weight excluding hydrogens is 292 g/mol. The van der Waals surface area contributed by atoms with Crippen LogP contribution in [-0.2, 0) is 11.2 Å². The molecule has 1 aromatic heterocycles. The molecule has 5 heteroatoms. The van der Waals surface area contributed by atoms with Crippen LogP contribution in [0.25, 0.3) is 16.8 Å². The minimum Gasteiger partial charge on any atom is -0.497 e. The van der Waals surface area contributed by atoms with Gasteiger partial charge in [0.15, 0.2) is 0 Å². The highest BCUT2D eigenvalue weighted by Crippen LogP contribution is 2.28. The molecule has 1 N–H and O–H groups in total. The predicted octanol–water partition coefficient (Wildman–Crippen LogP) is 3.18. The predicted molar refractivity (Wildman–Crippen MR) is 86.9 cm³/mol. The van der Waals surface area contributed by atoms with Crippen molar-refractivity contribution in [2.75, 3.05) is 7.11 Å². The first-order valence-electron chi connectivity index (χ1n) is 7.17. The van der Waals surface area contributed by atoms with Crippen molar-refractivity contribution in [1.29, 1.82) is 0 Å². The number of hydrogen-bond donors (Lipinski definition) is 1. The number of carboxylic acids is 1. The summed E-state index contributed by atoms with van der Waals surface area (Å²) < 4.78 is 6.95. The van der Waals surface area contributed by atoms with E-state index >= 15 is 0 Å². The monoisotopic (exact) mass is 308 g/mol. The third-order valence-electron chi connectivity index (χ3n) is 3.51. The summed E-state index contributed by atoms with van der Waals surface area (Å²) in [6.45, 7) is 0. The number of methoxy groups -OCH3 is 1. The molecule has 0 unspecified atom stereocenters. The second kappa shape index (κ2) is 6.36. The molecule has 0 bridgehead atoms. The van der Waals surface area contributed by atoms with Gasteiger partial charge in [0.2, 0.25) is 0 Å². The standard InChI is InChI=1S/C18H16N2O3/c1-23-15-9-5-6-13(10-15)16-12-20(14-7-3-2-4-8-14)19-17(16)11-18(21)22/h2-10,12H,11H2,1H3,(H,21,22). The Morgan fingerprint density at radius 3 is 2.65 bits per heavy atom. The average Bonchev–Trinajstić information content (AvgIpc) is 2.99. The lowest BCUT2D eigenvalue weighted by Crippen LogP contribution is -2.03. The summed E-state index contributed by atoms with van der Waals surface area (Å²) in [6, 6.07) is 17.1. The Balaban J connectivity index is 2.10. The van der Waals surface area contributed by atoms with E-state index in [0.717, 1.165) is 22.6 Å². The highest BCUT2D eigenvalue weighted by atomic mass is 16.5. The van der Waals surface area contributed by atoms with E-state index < -0.39 is 5.97 Å². The quantitative estimate of drug-likeness (QED) is 0.786. The third kappa shape index (κ3) is 3.23. The summed E-state index contributed by atoms with van der Waals surface area (Å²) >= 11 is 0. The summed E-state index contributed by atoms with van der Waals surface area (Å²) in [5.74, 6) is -0.191. The molecule has 0 spiro atoms. The van der Waals surface area contributed by atoms with Crippen molar-refractivity contribution in [3.63, 3.8) is 0 Å². The fourth-order valence-corrected chi connectivity index (χ4v) is 2.43. The van der Waals surface area contributed by atoms with E-state index in [2.05, 4.69) is 5.10 Å². The van der Waals surface area contributed by atoms with Gasteiger partial charge in [0, 0.05) is 11.8 Å². The molecule has 0 saturated heterocycles. The van der Waals surface area contributed by atoms with E-state index in [1.54, 1.807) is 11.8 Å². The van der Waals surface area contributed by atoms with Crippen molar-refractivity contribution in [2.24, 2.45) is 0 Å². The Labute approximate surface area is 133 Å². The Morgan fingerprint density at radius 1 is 1.17 bits per heavy atom. The van der Waals surface area contributed by atoms with Gasteiger partial charge in [0.25, 0.3) is 0 Å². The Bertz CT molecular complexity index is 825. The molecular formula is C18H16N2O3. The van der Waals surface area contributed by atoms with Crippen LogP contribution in [0.15, 0.2) is 60.8 Å². The second-order valence-electron chi connectivity index (χ2n) is 5.07. The SMILES string of the molecule is COc1cccc(-c2cn(-c3ccccc3)nc2CC(=O)O)c1. The van der Waals surface area contributed by atoms with Gasteiger partial charge in [0.1, 0.15) is 5.75 Å². The first kappa shape index (κ1) is 14.8. The number of carboxylic acid groups (broad SMARTS) is 1. The number of hydrogen-bond acceptors (Lipinski definition) is 3. The molecule has 0 amide bonds. The Morgan fingerprint density at radius 2 is 1.96 bits per heavy atom. The molecule has 5 nitrogen and oxygen atoms in total. The van der Waals surface area contributed by atoms with Crippen LogP contribution in [0.2, 0.25) is 0 Å². The van der Waals surface area contributed by atoms with Gasteiger partial charge >= 0.3 is 5.97 Å². The zero-order chi connectivity index (χ0) is 16.2. The van der Waals surface area contributed by atoms with Gasteiger partial charge in [-0.05, 0) is 29.8 Å². The van der Waals surface area contributed by atoms with Crippen LogP contribution < -0.4 is 4.74 Å². The highest BCUT2D eigenvalue weighted by molar-refractivity contribution is 5.75. The van der Waals surface area contributed by atoms with Gasteiger partial charge in [-0.15, -0.1) is 0 Å². The number of para-hydroxylation sites is 1. The first-order valence-corrected chi connectivity index (χ1v) is 7.17. The van der Waals surface area contributed by atoms with Crippen LogP contribution in [0.5, 0.6) is 5.75 Å². The van der Waals surface area contributed by atoms with Gasteiger partial charge < -0.3 is 9.84 Å². The molecule has 0 fully saturated rings. The molecule has 1 heterocycles. The third-order valence-corrected chi connectivity index (χ3v) is 3.51. The van der Waals surface area contributed by atoms with Crippen LogP contribution in [0.1, 0.15) is 5.69 Å². The van der Waals surface area contributed by atoms with Gasteiger partial charge in [-0.3, -0.25) is 4.79 Å². The Hall–Kier alpha value is -3.08. The van der Waals surface area contributed by atoms with Crippen molar-refractivity contribution < 1.29 is 14.6 Å². The fourth-order valence-electron chi connectivity index (χ4n) is 2.43. The molecule has 23 heavy (non-hydrogen) atoms. The first-order chi connectivity index (χ1) is 11.2. The van der Waals surface area contributed by atoms with Crippen LogP contribution in [0.4, 0.5) is 0 Å².